The van der Waals surface area contributed by atoms with Gasteiger partial charge in [0.15, 0.2) is 0 Å². The summed E-state index contributed by atoms with van der Waals surface area (Å²) in [6.45, 7) is 6.28. The lowest BCUT2D eigenvalue weighted by Crippen LogP contribution is -2.43. The lowest BCUT2D eigenvalue weighted by atomic mass is 9.95. The highest BCUT2D eigenvalue weighted by Gasteiger charge is 2.25. The first kappa shape index (κ1) is 20.0. The number of carbonyl (C=O) groups is 2. The van der Waals surface area contributed by atoms with Gasteiger partial charge >= 0.3 is 0 Å². The van der Waals surface area contributed by atoms with Crippen LogP contribution in [0.1, 0.15) is 33.1 Å². The second kappa shape index (κ2) is 9.41. The maximum absolute atomic E-state index is 12.1. The predicted octanol–water partition coefficient (Wildman–Crippen LogP) is 3.56. The van der Waals surface area contributed by atoms with Gasteiger partial charge in [-0.05, 0) is 58.0 Å². The monoisotopic (exact) mass is 385 g/mol. The lowest BCUT2D eigenvalue weighted by molar-refractivity contribution is -0.127. The third-order valence-electron chi connectivity index (χ3n) is 4.25. The summed E-state index contributed by atoms with van der Waals surface area (Å²) in [6, 6.07) is 5.15. The fourth-order valence-corrected chi connectivity index (χ4v) is 3.22. The number of hydrogen-bond acceptors (Lipinski definition) is 3. The maximum atomic E-state index is 12.1. The number of likely N-dealkylation sites (tertiary alicyclic amines) is 1. The van der Waals surface area contributed by atoms with Crippen LogP contribution in [-0.4, -0.2) is 42.4 Å². The van der Waals surface area contributed by atoms with Crippen molar-refractivity contribution in [2.45, 2.75) is 39.2 Å². The Balaban J connectivity index is 1.73. The summed E-state index contributed by atoms with van der Waals surface area (Å²) in [4.78, 5) is 26.4. The highest BCUT2D eigenvalue weighted by Crippen LogP contribution is 2.25. The summed E-state index contributed by atoms with van der Waals surface area (Å²) in [5.74, 6) is 0.129. The van der Waals surface area contributed by atoms with Crippen molar-refractivity contribution < 1.29 is 9.59 Å². The van der Waals surface area contributed by atoms with Crippen molar-refractivity contribution in [2.75, 3.05) is 25.0 Å². The number of halogens is 2. The largest absolute Gasteiger partial charge is 0.354 e. The minimum atomic E-state index is -0.0937. The maximum Gasteiger partial charge on any atom is 0.225 e. The first-order valence-electron chi connectivity index (χ1n) is 8.63. The van der Waals surface area contributed by atoms with Crippen LogP contribution < -0.4 is 10.6 Å². The molecular weight excluding hydrogens is 361 g/mol. The van der Waals surface area contributed by atoms with Crippen LogP contribution in [0.5, 0.6) is 0 Å². The summed E-state index contributed by atoms with van der Waals surface area (Å²) in [5.41, 5.74) is 0.531. The van der Waals surface area contributed by atoms with E-state index in [2.05, 4.69) is 15.5 Å². The summed E-state index contributed by atoms with van der Waals surface area (Å²) < 4.78 is 0. The minimum absolute atomic E-state index is 0.0812. The van der Waals surface area contributed by atoms with Crippen LogP contribution in [0.25, 0.3) is 0 Å². The van der Waals surface area contributed by atoms with Gasteiger partial charge in [0.05, 0.1) is 10.7 Å². The Morgan fingerprint density at radius 1 is 1.24 bits per heavy atom. The normalized spacial score (nSPS) is 16.0. The molecule has 5 nitrogen and oxygen atoms in total. The van der Waals surface area contributed by atoms with Crippen LogP contribution in [-0.2, 0) is 9.59 Å². The third-order valence-corrected chi connectivity index (χ3v) is 4.81. The van der Waals surface area contributed by atoms with Crippen LogP contribution in [0.4, 0.5) is 5.69 Å². The Hall–Kier alpha value is -1.30. The van der Waals surface area contributed by atoms with Gasteiger partial charge in [-0.15, -0.1) is 0 Å². The second-order valence-corrected chi connectivity index (χ2v) is 7.55. The van der Waals surface area contributed by atoms with Crippen molar-refractivity contribution in [1.82, 2.24) is 10.2 Å². The average Bonchev–Trinajstić information content (AvgIpc) is 2.56. The molecule has 2 amide bonds. The molecule has 1 aliphatic heterocycles. The molecule has 0 radical (unpaired) electrons. The molecule has 7 heteroatoms. The summed E-state index contributed by atoms with van der Waals surface area (Å²) in [7, 11) is 0. The van der Waals surface area contributed by atoms with Gasteiger partial charge in [0, 0.05) is 29.9 Å². The molecule has 0 spiro atoms. The van der Waals surface area contributed by atoms with E-state index in [0.717, 1.165) is 25.9 Å². The van der Waals surface area contributed by atoms with E-state index >= 15 is 0 Å². The molecule has 1 saturated heterocycles. The fraction of sp³-hybridized carbons (Fsp3) is 0.556. The molecule has 1 fully saturated rings. The Labute approximate surface area is 159 Å². The fourth-order valence-electron chi connectivity index (χ4n) is 2.89. The molecule has 1 aromatic carbocycles. The van der Waals surface area contributed by atoms with Crippen LogP contribution in [0, 0.1) is 5.92 Å². The van der Waals surface area contributed by atoms with Gasteiger partial charge < -0.3 is 15.5 Å². The first-order chi connectivity index (χ1) is 11.8. The molecule has 0 bridgehead atoms. The van der Waals surface area contributed by atoms with Crippen LogP contribution in [0.2, 0.25) is 10.0 Å². The van der Waals surface area contributed by atoms with Gasteiger partial charge in [-0.1, -0.05) is 23.2 Å². The van der Waals surface area contributed by atoms with E-state index in [1.54, 1.807) is 18.2 Å². The molecule has 0 atom stereocenters. The molecule has 0 unspecified atom stereocenters. The SMILES string of the molecule is CC(C)NC(=O)C1CCN(CCC(=O)Nc2cc(Cl)ccc2Cl)CC1. The van der Waals surface area contributed by atoms with Crippen molar-refractivity contribution in [2.24, 2.45) is 5.92 Å². The molecule has 1 heterocycles. The summed E-state index contributed by atoms with van der Waals surface area (Å²) in [5, 5.41) is 6.76. The van der Waals surface area contributed by atoms with E-state index in [0.29, 0.717) is 28.7 Å². The van der Waals surface area contributed by atoms with Gasteiger partial charge in [0.2, 0.25) is 11.8 Å². The molecule has 2 N–H and O–H groups in total. The van der Waals surface area contributed by atoms with Crippen LogP contribution in [0.15, 0.2) is 18.2 Å². The van der Waals surface area contributed by atoms with E-state index in [4.69, 9.17) is 23.2 Å². The van der Waals surface area contributed by atoms with E-state index in [9.17, 15) is 9.59 Å². The highest BCUT2D eigenvalue weighted by molar-refractivity contribution is 6.35. The number of benzene rings is 1. The van der Waals surface area contributed by atoms with Gasteiger partial charge in [0.25, 0.3) is 0 Å². The van der Waals surface area contributed by atoms with Gasteiger partial charge in [-0.25, -0.2) is 0 Å². The number of anilines is 1. The van der Waals surface area contributed by atoms with Crippen LogP contribution in [0.3, 0.4) is 0 Å². The molecule has 0 saturated carbocycles. The summed E-state index contributed by atoms with van der Waals surface area (Å²) in [6.07, 6.45) is 2.05. The molecule has 1 aromatic rings. The Morgan fingerprint density at radius 3 is 2.56 bits per heavy atom. The van der Waals surface area contributed by atoms with Crippen molar-refractivity contribution in [3.8, 4) is 0 Å². The lowest BCUT2D eigenvalue weighted by Gasteiger charge is -2.31. The van der Waals surface area contributed by atoms with Crippen molar-refractivity contribution in [3.63, 3.8) is 0 Å². The molecule has 2 rings (SSSR count). The van der Waals surface area contributed by atoms with Crippen molar-refractivity contribution >= 4 is 40.7 Å². The van der Waals surface area contributed by atoms with E-state index < -0.39 is 0 Å². The second-order valence-electron chi connectivity index (χ2n) is 6.70. The standard InChI is InChI=1S/C18H25Cl2N3O2/c1-12(2)21-18(25)13-5-8-23(9-6-13)10-7-17(24)22-16-11-14(19)3-4-15(16)20/h3-4,11-13H,5-10H2,1-2H3,(H,21,25)(H,22,24). The Kier molecular flexibility index (Phi) is 7.54. The summed E-state index contributed by atoms with van der Waals surface area (Å²) >= 11 is 12.0. The van der Waals surface area contributed by atoms with E-state index in [1.165, 1.54) is 0 Å². The first-order valence-corrected chi connectivity index (χ1v) is 9.38. The highest BCUT2D eigenvalue weighted by atomic mass is 35.5. The topological polar surface area (TPSA) is 61.4 Å². The molecule has 1 aliphatic rings. The van der Waals surface area contributed by atoms with Gasteiger partial charge in [0.1, 0.15) is 0 Å². The minimum Gasteiger partial charge on any atom is -0.354 e. The average molecular weight is 386 g/mol. The molecule has 0 aliphatic carbocycles. The predicted molar refractivity (Wildman–Crippen MR) is 102 cm³/mol. The third kappa shape index (κ3) is 6.49. The van der Waals surface area contributed by atoms with Gasteiger partial charge in [-0.3, -0.25) is 9.59 Å². The van der Waals surface area contributed by atoms with E-state index in [-0.39, 0.29) is 23.8 Å². The number of nitrogens with one attached hydrogen (secondary N) is 2. The Bertz CT molecular complexity index is 614. The quantitative estimate of drug-likeness (QED) is 0.786. The van der Waals surface area contributed by atoms with Crippen LogP contribution >= 0.6 is 23.2 Å². The van der Waals surface area contributed by atoms with E-state index in [1.807, 2.05) is 13.8 Å². The number of carbonyl (C=O) groups excluding carboxylic acids is 2. The smallest absolute Gasteiger partial charge is 0.225 e. The molecular formula is C18H25Cl2N3O2. The number of hydrogen-bond donors (Lipinski definition) is 2. The number of rotatable bonds is 6. The molecule has 25 heavy (non-hydrogen) atoms. The zero-order valence-corrected chi connectivity index (χ0v) is 16.2. The van der Waals surface area contributed by atoms with Gasteiger partial charge in [-0.2, -0.15) is 0 Å². The Morgan fingerprint density at radius 2 is 1.92 bits per heavy atom. The number of nitrogens with zero attached hydrogens (tertiary/aromatic N) is 1. The zero-order chi connectivity index (χ0) is 18.4. The number of piperidine rings is 1. The number of amides is 2. The molecule has 0 aromatic heterocycles. The van der Waals surface area contributed by atoms with Crippen molar-refractivity contribution in [1.29, 1.82) is 0 Å². The zero-order valence-electron chi connectivity index (χ0n) is 14.6. The molecule has 138 valence electrons. The van der Waals surface area contributed by atoms with Crippen molar-refractivity contribution in [3.05, 3.63) is 28.2 Å².